The fourth-order valence-corrected chi connectivity index (χ4v) is 2.30. The molecule has 0 amide bonds. The lowest BCUT2D eigenvalue weighted by molar-refractivity contribution is 0.516. The highest BCUT2D eigenvalue weighted by molar-refractivity contribution is 6.31. The van der Waals surface area contributed by atoms with Crippen LogP contribution in [0, 0.1) is 6.92 Å². The number of aromatic nitrogens is 2. The molecule has 98 valence electrons. The van der Waals surface area contributed by atoms with Gasteiger partial charge in [-0.25, -0.2) is 0 Å². The quantitative estimate of drug-likeness (QED) is 0.905. The number of furan rings is 1. The highest BCUT2D eigenvalue weighted by Crippen LogP contribution is 2.28. The average molecular weight is 268 g/mol. The van der Waals surface area contributed by atoms with Crippen LogP contribution in [0.2, 0.25) is 5.02 Å². The Bertz CT molecular complexity index is 499. The van der Waals surface area contributed by atoms with Crippen molar-refractivity contribution in [3.05, 3.63) is 40.6 Å². The molecular formula is C13H18ClN3O. The van der Waals surface area contributed by atoms with E-state index in [4.69, 9.17) is 16.0 Å². The Balaban J connectivity index is 2.36. The number of aryl methyl sites for hydroxylation is 2. The molecule has 1 N–H and O–H groups in total. The van der Waals surface area contributed by atoms with E-state index in [0.717, 1.165) is 30.0 Å². The zero-order chi connectivity index (χ0) is 13.1. The Labute approximate surface area is 112 Å². The fourth-order valence-electron chi connectivity index (χ4n) is 2.02. The predicted octanol–water partition coefficient (Wildman–Crippen LogP) is 3.06. The summed E-state index contributed by atoms with van der Waals surface area (Å²) in [5.74, 6) is 0.895. The second-order valence-corrected chi connectivity index (χ2v) is 4.79. The first kappa shape index (κ1) is 13.2. The molecule has 1 atom stereocenters. The highest BCUT2D eigenvalue weighted by atomic mass is 35.5. The van der Waals surface area contributed by atoms with Gasteiger partial charge in [0.1, 0.15) is 5.76 Å². The second kappa shape index (κ2) is 5.59. The molecular weight excluding hydrogens is 250 g/mol. The summed E-state index contributed by atoms with van der Waals surface area (Å²) in [6.07, 6.45) is 4.50. The second-order valence-electron chi connectivity index (χ2n) is 4.38. The smallest absolute Gasteiger partial charge is 0.101 e. The van der Waals surface area contributed by atoms with Gasteiger partial charge in [-0.05, 0) is 26.0 Å². The lowest BCUT2D eigenvalue weighted by atomic mass is 10.1. The van der Waals surface area contributed by atoms with Crippen LogP contribution in [-0.4, -0.2) is 16.3 Å². The Morgan fingerprint density at radius 2 is 2.33 bits per heavy atom. The largest absolute Gasteiger partial charge is 0.469 e. The van der Waals surface area contributed by atoms with Crippen LogP contribution < -0.4 is 5.32 Å². The van der Waals surface area contributed by atoms with Crippen molar-refractivity contribution in [1.29, 1.82) is 0 Å². The van der Waals surface area contributed by atoms with Crippen molar-refractivity contribution in [3.8, 4) is 0 Å². The molecule has 1 unspecified atom stereocenters. The Kier molecular flexibility index (Phi) is 4.09. The summed E-state index contributed by atoms with van der Waals surface area (Å²) in [6, 6.07) is 2.04. The van der Waals surface area contributed by atoms with Crippen LogP contribution in [0.4, 0.5) is 0 Å². The topological polar surface area (TPSA) is 43.0 Å². The third-order valence-corrected chi connectivity index (χ3v) is 3.18. The van der Waals surface area contributed by atoms with Gasteiger partial charge in [0.2, 0.25) is 0 Å². The van der Waals surface area contributed by atoms with Crippen LogP contribution in [0.3, 0.4) is 0 Å². The van der Waals surface area contributed by atoms with Crippen LogP contribution in [0.15, 0.2) is 22.9 Å². The molecule has 5 heteroatoms. The number of nitrogens with one attached hydrogen (secondary N) is 1. The van der Waals surface area contributed by atoms with Gasteiger partial charge in [-0.1, -0.05) is 18.5 Å². The van der Waals surface area contributed by atoms with Gasteiger partial charge in [0, 0.05) is 12.6 Å². The summed E-state index contributed by atoms with van der Waals surface area (Å²) in [4.78, 5) is 0. The van der Waals surface area contributed by atoms with E-state index in [9.17, 15) is 0 Å². The zero-order valence-electron chi connectivity index (χ0n) is 10.9. The molecule has 0 saturated carbocycles. The molecule has 2 aromatic rings. The van der Waals surface area contributed by atoms with Crippen molar-refractivity contribution in [3.63, 3.8) is 0 Å². The summed E-state index contributed by atoms with van der Waals surface area (Å²) in [5, 5.41) is 8.34. The van der Waals surface area contributed by atoms with Gasteiger partial charge in [-0.2, -0.15) is 5.10 Å². The van der Waals surface area contributed by atoms with Gasteiger partial charge in [-0.15, -0.1) is 0 Å². The number of nitrogens with zero attached hydrogens (tertiary/aromatic N) is 2. The monoisotopic (exact) mass is 267 g/mol. The molecule has 0 aromatic carbocycles. The van der Waals surface area contributed by atoms with E-state index in [1.165, 1.54) is 0 Å². The van der Waals surface area contributed by atoms with Crippen LogP contribution in [-0.2, 0) is 7.05 Å². The fraction of sp³-hybridized carbons (Fsp3) is 0.462. The summed E-state index contributed by atoms with van der Waals surface area (Å²) >= 11 is 6.22. The van der Waals surface area contributed by atoms with Crippen LogP contribution in [0.1, 0.15) is 36.4 Å². The van der Waals surface area contributed by atoms with Crippen molar-refractivity contribution in [1.82, 2.24) is 15.1 Å². The lowest BCUT2D eigenvalue weighted by Crippen LogP contribution is -2.25. The molecule has 0 aliphatic heterocycles. The number of hydrogen-bond donors (Lipinski definition) is 1. The van der Waals surface area contributed by atoms with Crippen molar-refractivity contribution in [2.45, 2.75) is 26.3 Å². The van der Waals surface area contributed by atoms with Gasteiger partial charge in [0.15, 0.2) is 0 Å². The highest BCUT2D eigenvalue weighted by Gasteiger charge is 2.21. The Morgan fingerprint density at radius 3 is 2.83 bits per heavy atom. The van der Waals surface area contributed by atoms with E-state index in [2.05, 4.69) is 17.3 Å². The standard InChI is InChI=1S/C13H18ClN3O/c1-4-5-15-12(10-6-9(2)18-8-10)13-11(14)7-16-17(13)3/h6-8,12,15H,4-5H2,1-3H3. The molecule has 18 heavy (non-hydrogen) atoms. The van der Waals surface area contributed by atoms with Crippen LogP contribution >= 0.6 is 11.6 Å². The van der Waals surface area contributed by atoms with Crippen molar-refractivity contribution < 1.29 is 4.42 Å². The van der Waals surface area contributed by atoms with Gasteiger partial charge in [-0.3, -0.25) is 4.68 Å². The summed E-state index contributed by atoms with van der Waals surface area (Å²) in [7, 11) is 1.90. The number of rotatable bonds is 5. The minimum atomic E-state index is 0.0161. The maximum Gasteiger partial charge on any atom is 0.101 e. The molecule has 0 spiro atoms. The minimum Gasteiger partial charge on any atom is -0.469 e. The van der Waals surface area contributed by atoms with Crippen LogP contribution in [0.25, 0.3) is 0 Å². The minimum absolute atomic E-state index is 0.0161. The normalized spacial score (nSPS) is 12.9. The maximum atomic E-state index is 6.22. The Hall–Kier alpha value is -1.26. The summed E-state index contributed by atoms with van der Waals surface area (Å²) in [6.45, 7) is 4.98. The van der Waals surface area contributed by atoms with Crippen molar-refractivity contribution >= 4 is 11.6 Å². The first-order chi connectivity index (χ1) is 8.63. The first-order valence-corrected chi connectivity index (χ1v) is 6.47. The van der Waals surface area contributed by atoms with Crippen LogP contribution in [0.5, 0.6) is 0 Å². The first-order valence-electron chi connectivity index (χ1n) is 6.09. The summed E-state index contributed by atoms with van der Waals surface area (Å²) < 4.78 is 7.19. The van der Waals surface area contributed by atoms with Gasteiger partial charge >= 0.3 is 0 Å². The van der Waals surface area contributed by atoms with E-state index in [1.807, 2.05) is 20.0 Å². The third kappa shape index (κ3) is 2.60. The maximum absolute atomic E-state index is 6.22. The SMILES string of the molecule is CCCNC(c1coc(C)c1)c1c(Cl)cnn1C. The molecule has 0 fully saturated rings. The molecule has 0 aliphatic carbocycles. The molecule has 0 aliphatic rings. The molecule has 0 saturated heterocycles. The summed E-state index contributed by atoms with van der Waals surface area (Å²) in [5.41, 5.74) is 2.04. The molecule has 2 rings (SSSR count). The van der Waals surface area contributed by atoms with Gasteiger partial charge in [0.25, 0.3) is 0 Å². The van der Waals surface area contributed by atoms with E-state index in [1.54, 1.807) is 17.1 Å². The molecule has 0 radical (unpaired) electrons. The molecule has 0 bridgehead atoms. The van der Waals surface area contributed by atoms with E-state index < -0.39 is 0 Å². The zero-order valence-corrected chi connectivity index (χ0v) is 11.7. The molecule has 2 aromatic heterocycles. The Morgan fingerprint density at radius 1 is 1.56 bits per heavy atom. The third-order valence-electron chi connectivity index (χ3n) is 2.89. The van der Waals surface area contributed by atoms with Gasteiger partial charge in [0.05, 0.1) is 29.2 Å². The van der Waals surface area contributed by atoms with Crippen molar-refractivity contribution in [2.75, 3.05) is 6.54 Å². The predicted molar refractivity (Wildman–Crippen MR) is 71.8 cm³/mol. The van der Waals surface area contributed by atoms with E-state index in [-0.39, 0.29) is 6.04 Å². The average Bonchev–Trinajstić information content (AvgIpc) is 2.90. The lowest BCUT2D eigenvalue weighted by Gasteiger charge is -2.18. The number of halogens is 1. The number of hydrogen-bond acceptors (Lipinski definition) is 3. The van der Waals surface area contributed by atoms with Gasteiger partial charge < -0.3 is 9.73 Å². The van der Waals surface area contributed by atoms with Crippen molar-refractivity contribution in [2.24, 2.45) is 7.05 Å². The molecule has 2 heterocycles. The molecule has 4 nitrogen and oxygen atoms in total. The van der Waals surface area contributed by atoms with E-state index >= 15 is 0 Å². The van der Waals surface area contributed by atoms with E-state index in [0.29, 0.717) is 5.02 Å².